The Morgan fingerprint density at radius 3 is 2.41 bits per heavy atom. The molecule has 17 heavy (non-hydrogen) atoms. The first-order valence-corrected chi connectivity index (χ1v) is 5.99. The monoisotopic (exact) mass is 269 g/mol. The summed E-state index contributed by atoms with van der Waals surface area (Å²) in [5.41, 5.74) is 3.21. The van der Waals surface area contributed by atoms with Crippen LogP contribution in [0.1, 0.15) is 11.3 Å². The molecule has 0 saturated heterocycles. The third-order valence-electron chi connectivity index (χ3n) is 2.68. The summed E-state index contributed by atoms with van der Waals surface area (Å²) in [6, 6.07) is 5.40. The number of nitrogens with zero attached hydrogens (tertiary/aromatic N) is 2. The largest absolute Gasteiger partial charge is 0.381 e. The van der Waals surface area contributed by atoms with Gasteiger partial charge in [0.25, 0.3) is 0 Å². The van der Waals surface area contributed by atoms with Crippen LogP contribution < -0.4 is 5.32 Å². The molecule has 0 unspecified atom stereocenters. The van der Waals surface area contributed by atoms with Crippen LogP contribution in [0, 0.1) is 6.92 Å². The SMILES string of the molecule is Cc1c(CNc2cc(Cl)cc(Cl)c2)cnn1C. The highest BCUT2D eigenvalue weighted by Gasteiger charge is 2.04. The Morgan fingerprint density at radius 1 is 1.24 bits per heavy atom. The van der Waals surface area contributed by atoms with Crippen LogP contribution in [0.25, 0.3) is 0 Å². The Bertz CT molecular complexity index is 514. The predicted octanol–water partition coefficient (Wildman–Crippen LogP) is 3.65. The van der Waals surface area contributed by atoms with Gasteiger partial charge in [0, 0.05) is 40.6 Å². The Hall–Kier alpha value is -1.19. The molecule has 3 nitrogen and oxygen atoms in total. The van der Waals surface area contributed by atoms with Gasteiger partial charge in [-0.1, -0.05) is 23.2 Å². The average Bonchev–Trinajstić information content (AvgIpc) is 2.56. The van der Waals surface area contributed by atoms with Crippen LogP contribution >= 0.6 is 23.2 Å². The fourth-order valence-electron chi connectivity index (χ4n) is 1.57. The Labute approximate surface area is 110 Å². The van der Waals surface area contributed by atoms with Gasteiger partial charge >= 0.3 is 0 Å². The van der Waals surface area contributed by atoms with E-state index in [0.717, 1.165) is 16.9 Å². The standard InChI is InChI=1S/C12H13Cl2N3/c1-8-9(7-16-17(8)2)6-15-12-4-10(13)3-11(14)5-12/h3-5,7,15H,6H2,1-2H3. The van der Waals surface area contributed by atoms with Crippen molar-refractivity contribution in [1.82, 2.24) is 9.78 Å². The first kappa shape index (κ1) is 12.3. The van der Waals surface area contributed by atoms with Gasteiger partial charge in [0.1, 0.15) is 0 Å². The van der Waals surface area contributed by atoms with Gasteiger partial charge in [-0.3, -0.25) is 4.68 Å². The van der Waals surface area contributed by atoms with Gasteiger partial charge in [-0.05, 0) is 25.1 Å². The molecule has 1 heterocycles. The van der Waals surface area contributed by atoms with Crippen LogP contribution in [0.3, 0.4) is 0 Å². The molecule has 90 valence electrons. The van der Waals surface area contributed by atoms with E-state index in [4.69, 9.17) is 23.2 Å². The third-order valence-corrected chi connectivity index (χ3v) is 3.12. The van der Waals surface area contributed by atoms with Crippen LogP contribution in [0.4, 0.5) is 5.69 Å². The molecule has 0 aliphatic heterocycles. The summed E-state index contributed by atoms with van der Waals surface area (Å²) in [5, 5.41) is 8.72. The first-order chi connectivity index (χ1) is 8.06. The Balaban J connectivity index is 2.09. The molecule has 1 aromatic carbocycles. The van der Waals surface area contributed by atoms with Crippen LogP contribution in [-0.4, -0.2) is 9.78 Å². The maximum Gasteiger partial charge on any atom is 0.0542 e. The molecule has 0 saturated carbocycles. The highest BCUT2D eigenvalue weighted by Crippen LogP contribution is 2.23. The van der Waals surface area contributed by atoms with Gasteiger partial charge in [0.15, 0.2) is 0 Å². The van der Waals surface area contributed by atoms with Crippen molar-refractivity contribution in [3.63, 3.8) is 0 Å². The summed E-state index contributed by atoms with van der Waals surface area (Å²) in [4.78, 5) is 0. The zero-order valence-corrected chi connectivity index (χ0v) is 11.2. The Morgan fingerprint density at radius 2 is 1.88 bits per heavy atom. The van der Waals surface area contributed by atoms with E-state index in [0.29, 0.717) is 16.6 Å². The van der Waals surface area contributed by atoms with Crippen LogP contribution in [0.15, 0.2) is 24.4 Å². The van der Waals surface area contributed by atoms with Crippen LogP contribution in [0.2, 0.25) is 10.0 Å². The summed E-state index contributed by atoms with van der Waals surface area (Å²) in [7, 11) is 1.93. The summed E-state index contributed by atoms with van der Waals surface area (Å²) >= 11 is 11.9. The zero-order chi connectivity index (χ0) is 12.4. The molecule has 1 aromatic heterocycles. The van der Waals surface area contributed by atoms with E-state index in [1.54, 1.807) is 6.07 Å². The molecule has 0 amide bonds. The lowest BCUT2D eigenvalue weighted by Gasteiger charge is -2.07. The van der Waals surface area contributed by atoms with Gasteiger partial charge in [-0.15, -0.1) is 0 Å². The number of anilines is 1. The van der Waals surface area contributed by atoms with E-state index < -0.39 is 0 Å². The van der Waals surface area contributed by atoms with Crippen LogP contribution in [-0.2, 0) is 13.6 Å². The van der Waals surface area contributed by atoms with E-state index in [9.17, 15) is 0 Å². The topological polar surface area (TPSA) is 29.9 Å². The summed E-state index contributed by atoms with van der Waals surface area (Å²) < 4.78 is 1.85. The fraction of sp³-hybridized carbons (Fsp3) is 0.250. The number of hydrogen-bond acceptors (Lipinski definition) is 2. The van der Waals surface area contributed by atoms with Crippen molar-refractivity contribution in [2.75, 3.05) is 5.32 Å². The van der Waals surface area contributed by atoms with Crippen molar-refractivity contribution >= 4 is 28.9 Å². The normalized spacial score (nSPS) is 10.6. The molecular formula is C12H13Cl2N3. The lowest BCUT2D eigenvalue weighted by atomic mass is 10.2. The van der Waals surface area contributed by atoms with Crippen molar-refractivity contribution in [3.8, 4) is 0 Å². The molecule has 0 aliphatic rings. The Kier molecular flexibility index (Phi) is 3.60. The maximum absolute atomic E-state index is 5.93. The van der Waals surface area contributed by atoms with Gasteiger partial charge in [0.05, 0.1) is 6.20 Å². The molecule has 0 atom stereocenters. The summed E-state index contributed by atoms with van der Waals surface area (Å²) in [6.45, 7) is 2.74. The number of aryl methyl sites for hydroxylation is 1. The van der Waals surface area contributed by atoms with Gasteiger partial charge in [0.2, 0.25) is 0 Å². The minimum Gasteiger partial charge on any atom is -0.381 e. The molecule has 1 N–H and O–H groups in total. The van der Waals surface area contributed by atoms with Crippen molar-refractivity contribution in [2.24, 2.45) is 7.05 Å². The number of aromatic nitrogens is 2. The maximum atomic E-state index is 5.93. The zero-order valence-electron chi connectivity index (χ0n) is 9.67. The number of rotatable bonds is 3. The summed E-state index contributed by atoms with van der Waals surface area (Å²) in [6.07, 6.45) is 1.86. The third kappa shape index (κ3) is 2.93. The van der Waals surface area contributed by atoms with Crippen molar-refractivity contribution < 1.29 is 0 Å². The number of nitrogens with one attached hydrogen (secondary N) is 1. The second kappa shape index (κ2) is 4.98. The minimum atomic E-state index is 0.628. The van der Waals surface area contributed by atoms with Crippen molar-refractivity contribution in [2.45, 2.75) is 13.5 Å². The molecule has 2 aromatic rings. The van der Waals surface area contributed by atoms with Gasteiger partial charge in [-0.25, -0.2) is 0 Å². The second-order valence-electron chi connectivity index (χ2n) is 3.89. The molecule has 5 heteroatoms. The van der Waals surface area contributed by atoms with E-state index in [-0.39, 0.29) is 0 Å². The van der Waals surface area contributed by atoms with Crippen molar-refractivity contribution in [3.05, 3.63) is 45.7 Å². The molecular weight excluding hydrogens is 257 g/mol. The van der Waals surface area contributed by atoms with E-state index in [2.05, 4.69) is 10.4 Å². The molecule has 0 spiro atoms. The molecule has 0 aliphatic carbocycles. The minimum absolute atomic E-state index is 0.628. The smallest absolute Gasteiger partial charge is 0.0542 e. The van der Waals surface area contributed by atoms with E-state index >= 15 is 0 Å². The summed E-state index contributed by atoms with van der Waals surface area (Å²) in [5.74, 6) is 0. The van der Waals surface area contributed by atoms with Gasteiger partial charge in [-0.2, -0.15) is 5.10 Å². The number of hydrogen-bond donors (Lipinski definition) is 1. The first-order valence-electron chi connectivity index (χ1n) is 5.23. The number of halogens is 2. The van der Waals surface area contributed by atoms with Gasteiger partial charge < -0.3 is 5.32 Å². The second-order valence-corrected chi connectivity index (χ2v) is 4.76. The molecule has 0 bridgehead atoms. The molecule has 0 radical (unpaired) electrons. The quantitative estimate of drug-likeness (QED) is 0.922. The average molecular weight is 270 g/mol. The predicted molar refractivity (Wildman–Crippen MR) is 71.7 cm³/mol. The van der Waals surface area contributed by atoms with Crippen LogP contribution in [0.5, 0.6) is 0 Å². The van der Waals surface area contributed by atoms with Crippen molar-refractivity contribution in [1.29, 1.82) is 0 Å². The van der Waals surface area contributed by atoms with E-state index in [1.165, 1.54) is 0 Å². The number of benzene rings is 1. The molecule has 2 rings (SSSR count). The molecule has 0 fully saturated rings. The fourth-order valence-corrected chi connectivity index (χ4v) is 2.10. The highest BCUT2D eigenvalue weighted by atomic mass is 35.5. The van der Waals surface area contributed by atoms with E-state index in [1.807, 2.05) is 37.0 Å². The highest BCUT2D eigenvalue weighted by molar-refractivity contribution is 6.35. The lowest BCUT2D eigenvalue weighted by Crippen LogP contribution is -2.01. The lowest BCUT2D eigenvalue weighted by molar-refractivity contribution is 0.738.